The molecule has 0 saturated heterocycles. The molecule has 3 heteroatoms. The van der Waals surface area contributed by atoms with Gasteiger partial charge in [-0.2, -0.15) is 0 Å². The zero-order valence-electron chi connectivity index (χ0n) is 19.6. The third kappa shape index (κ3) is 4.22. The Morgan fingerprint density at radius 1 is 0.656 bits per heavy atom. The quantitative estimate of drug-likeness (QED) is 0.305. The molecule has 0 fully saturated rings. The summed E-state index contributed by atoms with van der Waals surface area (Å²) in [6.07, 6.45) is 6.20. The molecule has 0 amide bonds. The summed E-state index contributed by atoms with van der Waals surface area (Å²) in [5, 5.41) is 0. The van der Waals surface area contributed by atoms with Crippen molar-refractivity contribution in [1.82, 2.24) is 0 Å². The Labute approximate surface area is 220 Å². The largest absolute Gasteiger partial charge is 0.147 e. The van der Waals surface area contributed by atoms with Gasteiger partial charge in [0, 0.05) is 0 Å². The summed E-state index contributed by atoms with van der Waals surface area (Å²) in [6, 6.07) is 14.2. The summed E-state index contributed by atoms with van der Waals surface area (Å²) in [7, 11) is 0. The van der Waals surface area contributed by atoms with Gasteiger partial charge in [-0.3, -0.25) is 0 Å². The van der Waals surface area contributed by atoms with Gasteiger partial charge in [0.15, 0.2) is 0 Å². The molecular weight excluding hydrogens is 510 g/mol. The number of fused-ring (bicyclic) bond motifs is 2. The maximum atomic E-state index is 2.51. The van der Waals surface area contributed by atoms with E-state index in [4.69, 9.17) is 0 Å². The van der Waals surface area contributed by atoms with E-state index >= 15 is 0 Å². The molecule has 0 aromatic heterocycles. The number of hydrogen-bond donors (Lipinski definition) is 0. The molecule has 3 aromatic carbocycles. The summed E-state index contributed by atoms with van der Waals surface area (Å²) >= 11 is 1.60. The van der Waals surface area contributed by atoms with Crippen molar-refractivity contribution in [2.45, 2.75) is 57.5 Å². The molecule has 3 aromatic rings. The number of benzene rings is 3. The summed E-state index contributed by atoms with van der Waals surface area (Å²) in [5.74, 6) is 0. The van der Waals surface area contributed by atoms with Crippen LogP contribution in [0, 0.1) is 27.7 Å². The minimum atomic E-state index is 0. The van der Waals surface area contributed by atoms with Gasteiger partial charge < -0.3 is 0 Å². The van der Waals surface area contributed by atoms with Crippen LogP contribution in [0.4, 0.5) is 0 Å². The molecule has 0 aliphatic heterocycles. The van der Waals surface area contributed by atoms with E-state index < -0.39 is 0 Å². The number of hydrogen-bond acceptors (Lipinski definition) is 0. The molecule has 5 rings (SSSR count). The van der Waals surface area contributed by atoms with E-state index in [9.17, 15) is 0 Å². The monoisotopic (exact) mass is 539 g/mol. The Balaban J connectivity index is 0.00000144. The molecule has 0 nitrogen and oxygen atoms in total. The summed E-state index contributed by atoms with van der Waals surface area (Å²) in [4.78, 5) is 0. The number of aryl methyl sites for hydroxylation is 4. The van der Waals surface area contributed by atoms with Crippen LogP contribution in [0.2, 0.25) is 0 Å². The molecule has 0 bridgehead atoms. The van der Waals surface area contributed by atoms with Crippen LogP contribution in [0.25, 0.3) is 28.3 Å². The van der Waals surface area contributed by atoms with E-state index in [1.54, 1.807) is 47.0 Å². The van der Waals surface area contributed by atoms with Crippen molar-refractivity contribution >= 4 is 30.9 Å². The fourth-order valence-corrected chi connectivity index (χ4v) is 6.72. The Bertz CT molecular complexity index is 1200. The minimum absolute atomic E-state index is 0. The van der Waals surface area contributed by atoms with E-state index in [2.05, 4.69) is 77.1 Å². The molecule has 0 saturated carbocycles. The first kappa shape index (κ1) is 25.5. The van der Waals surface area contributed by atoms with Crippen LogP contribution in [0.1, 0.15) is 61.5 Å². The molecule has 32 heavy (non-hydrogen) atoms. The predicted molar refractivity (Wildman–Crippen MR) is 139 cm³/mol. The van der Waals surface area contributed by atoms with Crippen LogP contribution < -0.4 is 0 Å². The average Bonchev–Trinajstić information content (AvgIpc) is 3.23. The zero-order chi connectivity index (χ0) is 21.2. The fraction of sp³-hybridized carbons (Fsp3) is 0.310. The molecule has 165 valence electrons. The molecule has 1 atom stereocenters. The van der Waals surface area contributed by atoms with Crippen LogP contribution in [-0.4, -0.2) is 0 Å². The Kier molecular flexibility index (Phi) is 7.66. The van der Waals surface area contributed by atoms with Crippen molar-refractivity contribution in [2.24, 2.45) is 0 Å². The Morgan fingerprint density at radius 3 is 1.59 bits per heavy atom. The zero-order valence-corrected chi connectivity index (χ0v) is 23.6. The van der Waals surface area contributed by atoms with Crippen molar-refractivity contribution < 1.29 is 24.7 Å². The summed E-state index contributed by atoms with van der Waals surface area (Å²) in [5.41, 5.74) is 19.3. The minimum Gasteiger partial charge on any atom is -0.147 e. The standard InChI is InChI=1S/C29H29.2ClH.Zr/c1-17-9-18(2)12-22(11-17)28-24-7-6-8-25(24)29(27-16-21(5)15-26(27)28)23-13-19(3)10-20(4)14-23;;;/h9-16H,6-8H2,1-5H3;2*1H;. The maximum absolute atomic E-state index is 2.51. The van der Waals surface area contributed by atoms with Crippen molar-refractivity contribution in [1.29, 1.82) is 0 Å². The maximum Gasteiger partial charge on any atom is -0.147 e. The van der Waals surface area contributed by atoms with Gasteiger partial charge in [-0.25, -0.2) is 0 Å². The molecule has 0 heterocycles. The normalized spacial score (nSPS) is 16.0. The van der Waals surface area contributed by atoms with Crippen molar-refractivity contribution in [3.05, 3.63) is 86.5 Å². The van der Waals surface area contributed by atoms with Crippen LogP contribution >= 0.6 is 24.8 Å². The van der Waals surface area contributed by atoms with Gasteiger partial charge >= 0.3 is 197 Å². The van der Waals surface area contributed by atoms with E-state index in [0.29, 0.717) is 3.63 Å². The molecule has 0 radical (unpaired) electrons. The molecular formula is C29H31Cl2Zr. The predicted octanol–water partition coefficient (Wildman–Crippen LogP) is 8.59. The van der Waals surface area contributed by atoms with Crippen molar-refractivity contribution in [3.63, 3.8) is 0 Å². The van der Waals surface area contributed by atoms with Gasteiger partial charge in [-0.15, -0.1) is 24.8 Å². The van der Waals surface area contributed by atoms with Gasteiger partial charge in [-0.1, -0.05) is 0 Å². The van der Waals surface area contributed by atoms with E-state index in [-0.39, 0.29) is 24.8 Å². The molecule has 0 spiro atoms. The number of halogens is 2. The fourth-order valence-electron chi connectivity index (χ4n) is 5.78. The van der Waals surface area contributed by atoms with Crippen LogP contribution in [-0.2, 0) is 37.6 Å². The van der Waals surface area contributed by atoms with Crippen molar-refractivity contribution in [2.75, 3.05) is 0 Å². The van der Waals surface area contributed by atoms with E-state index in [1.807, 2.05) is 0 Å². The third-order valence-corrected chi connectivity index (χ3v) is 8.62. The number of allylic oxidation sites excluding steroid dienone is 1. The van der Waals surface area contributed by atoms with Gasteiger partial charge in [-0.05, 0) is 0 Å². The van der Waals surface area contributed by atoms with Crippen LogP contribution in [0.15, 0.2) is 42.0 Å². The second kappa shape index (κ2) is 9.62. The summed E-state index contributed by atoms with van der Waals surface area (Å²) < 4.78 is 0.568. The van der Waals surface area contributed by atoms with Gasteiger partial charge in [0.25, 0.3) is 0 Å². The first-order valence-corrected chi connectivity index (χ1v) is 12.5. The van der Waals surface area contributed by atoms with Gasteiger partial charge in [0.05, 0.1) is 0 Å². The first-order valence-electron chi connectivity index (χ1n) is 11.1. The number of rotatable bonds is 2. The Morgan fingerprint density at radius 2 is 1.09 bits per heavy atom. The average molecular weight is 542 g/mol. The third-order valence-electron chi connectivity index (χ3n) is 6.79. The SMILES string of the molecule is CC1=Cc2c(-c3cc(C)cc(C)c3)c3c(c(-c4cc(C)cc(C)c4)c2[CH]1[Zr])CCC3.Cl.Cl. The van der Waals surface area contributed by atoms with E-state index in [0.717, 1.165) is 0 Å². The Hall–Kier alpha value is -1.14. The van der Waals surface area contributed by atoms with Crippen molar-refractivity contribution in [3.8, 4) is 22.3 Å². The van der Waals surface area contributed by atoms with Crippen LogP contribution in [0.3, 0.4) is 0 Å². The first-order chi connectivity index (χ1) is 14.3. The smallest absolute Gasteiger partial charge is 0.147 e. The second-order valence-electron chi connectivity index (χ2n) is 9.46. The van der Waals surface area contributed by atoms with E-state index in [1.165, 1.54) is 69.3 Å². The molecule has 2 aliphatic carbocycles. The molecule has 1 unspecified atom stereocenters. The topological polar surface area (TPSA) is 0 Å². The molecule has 0 N–H and O–H groups in total. The second-order valence-corrected chi connectivity index (χ2v) is 10.9. The van der Waals surface area contributed by atoms with Gasteiger partial charge in [0.1, 0.15) is 0 Å². The summed E-state index contributed by atoms with van der Waals surface area (Å²) in [6.45, 7) is 11.3. The molecule has 2 aliphatic rings. The van der Waals surface area contributed by atoms with Gasteiger partial charge in [0.2, 0.25) is 0 Å². The van der Waals surface area contributed by atoms with Crippen LogP contribution in [0.5, 0.6) is 0 Å².